The van der Waals surface area contributed by atoms with E-state index >= 15 is 0 Å². The van der Waals surface area contributed by atoms with E-state index in [-0.39, 0.29) is 11.4 Å². The Morgan fingerprint density at radius 3 is 2.41 bits per heavy atom. The molecule has 2 nitrogen and oxygen atoms in total. The monoisotopic (exact) mass is 238 g/mol. The minimum Gasteiger partial charge on any atom is -0.311 e. The average Bonchev–Trinajstić information content (AvgIpc) is 2.13. The van der Waals surface area contributed by atoms with E-state index in [0.717, 1.165) is 24.2 Å². The van der Waals surface area contributed by atoms with Gasteiger partial charge in [0, 0.05) is 25.2 Å². The van der Waals surface area contributed by atoms with Crippen LogP contribution in [0.25, 0.3) is 0 Å². The molecule has 0 amide bonds. The zero-order valence-electron chi connectivity index (χ0n) is 11.2. The van der Waals surface area contributed by atoms with Crippen LogP contribution < -0.4 is 10.6 Å². The zero-order valence-corrected chi connectivity index (χ0v) is 11.2. The Morgan fingerprint density at radius 2 is 1.82 bits per heavy atom. The van der Waals surface area contributed by atoms with Gasteiger partial charge in [0.1, 0.15) is 5.82 Å². The molecule has 0 atom stereocenters. The molecular weight excluding hydrogens is 215 g/mol. The molecule has 96 valence electrons. The maximum absolute atomic E-state index is 13.1. The lowest BCUT2D eigenvalue weighted by Gasteiger charge is -2.20. The summed E-state index contributed by atoms with van der Waals surface area (Å²) in [6, 6.07) is 5.13. The lowest BCUT2D eigenvalue weighted by Crippen LogP contribution is -2.40. The van der Waals surface area contributed by atoms with E-state index in [1.54, 1.807) is 12.1 Å². The van der Waals surface area contributed by atoms with Crippen LogP contribution in [0.15, 0.2) is 18.2 Å². The van der Waals surface area contributed by atoms with Crippen molar-refractivity contribution in [1.29, 1.82) is 0 Å². The van der Waals surface area contributed by atoms with Gasteiger partial charge in [-0.1, -0.05) is 6.07 Å². The molecule has 2 N–H and O–H groups in total. The molecule has 0 aliphatic heterocycles. The van der Waals surface area contributed by atoms with Crippen LogP contribution in [0, 0.1) is 12.7 Å². The molecule has 1 aromatic carbocycles. The van der Waals surface area contributed by atoms with Gasteiger partial charge in [-0.15, -0.1) is 0 Å². The summed E-state index contributed by atoms with van der Waals surface area (Å²) < 4.78 is 13.1. The molecule has 17 heavy (non-hydrogen) atoms. The SMILES string of the molecule is Cc1cc(F)cc(CNCCNC(C)(C)C)c1. The van der Waals surface area contributed by atoms with E-state index in [9.17, 15) is 4.39 Å². The topological polar surface area (TPSA) is 24.1 Å². The van der Waals surface area contributed by atoms with E-state index in [4.69, 9.17) is 0 Å². The molecule has 0 aromatic heterocycles. The van der Waals surface area contributed by atoms with Gasteiger partial charge in [0.25, 0.3) is 0 Å². The number of benzene rings is 1. The molecule has 1 rings (SSSR count). The van der Waals surface area contributed by atoms with Crippen LogP contribution >= 0.6 is 0 Å². The van der Waals surface area contributed by atoms with Crippen LogP contribution in [-0.4, -0.2) is 18.6 Å². The summed E-state index contributed by atoms with van der Waals surface area (Å²) in [5.74, 6) is -0.158. The van der Waals surface area contributed by atoms with Gasteiger partial charge in [0.15, 0.2) is 0 Å². The Hall–Kier alpha value is -0.930. The molecule has 0 saturated heterocycles. The number of aryl methyl sites for hydroxylation is 1. The fourth-order valence-corrected chi connectivity index (χ4v) is 1.67. The fourth-order valence-electron chi connectivity index (χ4n) is 1.67. The van der Waals surface area contributed by atoms with Gasteiger partial charge in [-0.2, -0.15) is 0 Å². The summed E-state index contributed by atoms with van der Waals surface area (Å²) in [5.41, 5.74) is 2.12. The maximum atomic E-state index is 13.1. The molecule has 0 fully saturated rings. The summed E-state index contributed by atoms with van der Waals surface area (Å²) in [6.07, 6.45) is 0. The lowest BCUT2D eigenvalue weighted by molar-refractivity contribution is 0.421. The summed E-state index contributed by atoms with van der Waals surface area (Å²) in [6.45, 7) is 10.8. The van der Waals surface area contributed by atoms with Crippen molar-refractivity contribution in [2.24, 2.45) is 0 Å². The van der Waals surface area contributed by atoms with Crippen LogP contribution in [0.4, 0.5) is 4.39 Å². The largest absolute Gasteiger partial charge is 0.311 e. The third-order valence-corrected chi connectivity index (χ3v) is 2.39. The van der Waals surface area contributed by atoms with Gasteiger partial charge in [-0.3, -0.25) is 0 Å². The molecule has 0 saturated carbocycles. The Balaban J connectivity index is 2.27. The van der Waals surface area contributed by atoms with Crippen LogP contribution in [0.1, 0.15) is 31.9 Å². The first-order valence-corrected chi connectivity index (χ1v) is 6.09. The van der Waals surface area contributed by atoms with Crippen molar-refractivity contribution in [3.8, 4) is 0 Å². The van der Waals surface area contributed by atoms with Gasteiger partial charge >= 0.3 is 0 Å². The van der Waals surface area contributed by atoms with Crippen molar-refractivity contribution < 1.29 is 4.39 Å². The highest BCUT2D eigenvalue weighted by molar-refractivity contribution is 5.23. The van der Waals surface area contributed by atoms with Gasteiger partial charge in [-0.05, 0) is 51.0 Å². The summed E-state index contributed by atoms with van der Waals surface area (Å²) in [5, 5.41) is 6.69. The Bertz CT molecular complexity index is 335. The second kappa shape index (κ2) is 6.12. The Morgan fingerprint density at radius 1 is 1.12 bits per heavy atom. The van der Waals surface area contributed by atoms with Gasteiger partial charge in [0.2, 0.25) is 0 Å². The van der Waals surface area contributed by atoms with E-state index in [0.29, 0.717) is 6.54 Å². The molecule has 0 unspecified atom stereocenters. The van der Waals surface area contributed by atoms with Crippen molar-refractivity contribution in [3.05, 3.63) is 35.1 Å². The third kappa shape index (κ3) is 6.39. The Kier molecular flexibility index (Phi) is 5.09. The van der Waals surface area contributed by atoms with Crippen LogP contribution in [-0.2, 0) is 6.54 Å². The number of nitrogens with one attached hydrogen (secondary N) is 2. The number of hydrogen-bond donors (Lipinski definition) is 2. The third-order valence-electron chi connectivity index (χ3n) is 2.39. The first-order valence-electron chi connectivity index (χ1n) is 6.09. The lowest BCUT2D eigenvalue weighted by atomic mass is 10.1. The van der Waals surface area contributed by atoms with Crippen molar-refractivity contribution in [2.75, 3.05) is 13.1 Å². The quantitative estimate of drug-likeness (QED) is 0.771. The Labute approximate surface area is 104 Å². The molecule has 0 heterocycles. The average molecular weight is 238 g/mol. The summed E-state index contributed by atoms with van der Waals surface area (Å²) >= 11 is 0. The van der Waals surface area contributed by atoms with Crippen LogP contribution in [0.2, 0.25) is 0 Å². The highest BCUT2D eigenvalue weighted by Crippen LogP contribution is 2.07. The molecule has 0 aliphatic rings. The zero-order chi connectivity index (χ0) is 12.9. The van der Waals surface area contributed by atoms with E-state index in [1.807, 2.05) is 13.0 Å². The number of hydrogen-bond acceptors (Lipinski definition) is 2. The van der Waals surface area contributed by atoms with Crippen molar-refractivity contribution >= 4 is 0 Å². The molecule has 3 heteroatoms. The summed E-state index contributed by atoms with van der Waals surface area (Å²) in [7, 11) is 0. The van der Waals surface area contributed by atoms with Gasteiger partial charge in [0.05, 0.1) is 0 Å². The second-order valence-corrected chi connectivity index (χ2v) is 5.49. The van der Waals surface area contributed by atoms with Crippen molar-refractivity contribution in [1.82, 2.24) is 10.6 Å². The minimum atomic E-state index is -0.158. The highest BCUT2D eigenvalue weighted by Gasteiger charge is 2.06. The van der Waals surface area contributed by atoms with E-state index < -0.39 is 0 Å². The summed E-state index contributed by atoms with van der Waals surface area (Å²) in [4.78, 5) is 0. The predicted molar refractivity (Wildman–Crippen MR) is 70.6 cm³/mol. The van der Waals surface area contributed by atoms with Gasteiger partial charge in [-0.25, -0.2) is 4.39 Å². The maximum Gasteiger partial charge on any atom is 0.123 e. The fraction of sp³-hybridized carbons (Fsp3) is 0.571. The van der Waals surface area contributed by atoms with E-state index in [1.165, 1.54) is 0 Å². The standard InChI is InChI=1S/C14H23FN2/c1-11-7-12(9-13(15)8-11)10-16-5-6-17-14(2,3)4/h7-9,16-17H,5-6,10H2,1-4H3. The minimum absolute atomic E-state index is 0.150. The van der Waals surface area contributed by atoms with E-state index in [2.05, 4.69) is 31.4 Å². The normalized spacial score (nSPS) is 11.8. The van der Waals surface area contributed by atoms with Crippen LogP contribution in [0.3, 0.4) is 0 Å². The first-order chi connectivity index (χ1) is 7.87. The highest BCUT2D eigenvalue weighted by atomic mass is 19.1. The molecule has 0 radical (unpaired) electrons. The smallest absolute Gasteiger partial charge is 0.123 e. The number of halogens is 1. The number of rotatable bonds is 5. The second-order valence-electron chi connectivity index (χ2n) is 5.49. The van der Waals surface area contributed by atoms with Crippen LogP contribution in [0.5, 0.6) is 0 Å². The molecule has 0 spiro atoms. The van der Waals surface area contributed by atoms with Crippen molar-refractivity contribution in [3.63, 3.8) is 0 Å². The molecular formula is C14H23FN2. The first kappa shape index (κ1) is 14.1. The molecule has 0 bridgehead atoms. The van der Waals surface area contributed by atoms with Crippen molar-refractivity contribution in [2.45, 2.75) is 39.8 Å². The molecule has 0 aliphatic carbocycles. The van der Waals surface area contributed by atoms with Gasteiger partial charge < -0.3 is 10.6 Å². The predicted octanol–water partition coefficient (Wildman–Crippen LogP) is 2.61. The molecule has 1 aromatic rings.